The lowest BCUT2D eigenvalue weighted by molar-refractivity contribution is -0.141. The summed E-state index contributed by atoms with van der Waals surface area (Å²) in [6.45, 7) is 34.1. The van der Waals surface area contributed by atoms with E-state index < -0.39 is 23.8 Å². The van der Waals surface area contributed by atoms with E-state index in [0.29, 0.717) is 62.5 Å². The van der Waals surface area contributed by atoms with Gasteiger partial charge in [0.05, 0.1) is 23.7 Å². The Bertz CT molecular complexity index is 2050. The molecule has 0 saturated carbocycles. The van der Waals surface area contributed by atoms with Gasteiger partial charge in [0.2, 0.25) is 0 Å². The number of carbonyl (C=O) groups excluding carboxylic acids is 4. The second kappa shape index (κ2) is 19.4. The molecule has 12 heteroatoms. The van der Waals surface area contributed by atoms with Gasteiger partial charge in [-0.3, -0.25) is 19.2 Å². The van der Waals surface area contributed by atoms with Crippen LogP contribution in [0.4, 0.5) is 0 Å². The molecule has 378 valence electrons. The summed E-state index contributed by atoms with van der Waals surface area (Å²) in [6, 6.07) is 10.1. The Balaban J connectivity index is 1.40. The molecule has 0 aromatic heterocycles. The molecule has 0 spiro atoms. The molecule has 4 aliphatic rings. The van der Waals surface area contributed by atoms with Gasteiger partial charge in [-0.15, -0.1) is 0 Å². The fourth-order valence-electron chi connectivity index (χ4n) is 12.5. The fourth-order valence-corrected chi connectivity index (χ4v) is 12.5. The third-order valence-electron chi connectivity index (χ3n) is 14.6. The van der Waals surface area contributed by atoms with E-state index >= 15 is 0 Å². The van der Waals surface area contributed by atoms with Gasteiger partial charge in [-0.1, -0.05) is 0 Å². The average molecular weight is 943 g/mol. The number of hydrogen-bond acceptors (Lipinski definition) is 12. The summed E-state index contributed by atoms with van der Waals surface area (Å²) in [5.41, 5.74) is -1.02. The van der Waals surface area contributed by atoms with Crippen molar-refractivity contribution >= 4 is 23.9 Å². The van der Waals surface area contributed by atoms with Crippen LogP contribution in [-0.2, 0) is 19.2 Å². The van der Waals surface area contributed by atoms with Crippen LogP contribution in [0, 0.1) is 23.7 Å². The van der Waals surface area contributed by atoms with E-state index in [1.807, 2.05) is 0 Å². The largest absolute Gasteiger partial charge is 0.426 e. The van der Waals surface area contributed by atoms with E-state index in [9.17, 15) is 19.2 Å². The molecule has 4 saturated heterocycles. The maximum absolute atomic E-state index is 14.5. The van der Waals surface area contributed by atoms with Crippen molar-refractivity contribution in [1.82, 2.24) is 21.3 Å². The van der Waals surface area contributed by atoms with Crippen molar-refractivity contribution in [2.75, 3.05) is 0 Å². The monoisotopic (exact) mass is 943 g/mol. The molecule has 4 atom stereocenters. The van der Waals surface area contributed by atoms with Crippen molar-refractivity contribution in [3.05, 3.63) is 36.4 Å². The number of rotatable bonds is 9. The topological polar surface area (TPSA) is 153 Å². The Kier molecular flexibility index (Phi) is 15.3. The normalized spacial score (nSPS) is 27.9. The summed E-state index contributed by atoms with van der Waals surface area (Å²) >= 11 is 0. The van der Waals surface area contributed by atoms with E-state index in [1.54, 1.807) is 36.4 Å². The van der Waals surface area contributed by atoms with Crippen LogP contribution in [0.15, 0.2) is 36.4 Å². The minimum Gasteiger partial charge on any atom is -0.426 e. The van der Waals surface area contributed by atoms with Gasteiger partial charge >= 0.3 is 23.9 Å². The zero-order valence-electron chi connectivity index (χ0n) is 44.5. The molecule has 0 bridgehead atoms. The van der Waals surface area contributed by atoms with E-state index in [2.05, 4.69) is 132 Å². The van der Waals surface area contributed by atoms with Crippen molar-refractivity contribution in [3.8, 4) is 34.1 Å². The molecule has 68 heavy (non-hydrogen) atoms. The van der Waals surface area contributed by atoms with Crippen molar-refractivity contribution < 1.29 is 38.1 Å². The van der Waals surface area contributed by atoms with E-state index in [-0.39, 0.29) is 91.1 Å². The van der Waals surface area contributed by atoms with Crippen LogP contribution in [-0.4, -0.2) is 68.2 Å². The number of esters is 4. The number of carbonyl (C=O) groups is 4. The van der Waals surface area contributed by atoms with E-state index in [0.717, 1.165) is 25.7 Å². The van der Waals surface area contributed by atoms with Gasteiger partial charge in [0.25, 0.3) is 0 Å². The van der Waals surface area contributed by atoms with Crippen molar-refractivity contribution in [3.63, 3.8) is 0 Å². The average Bonchev–Trinajstić information content (AvgIpc) is 3.49. The zero-order valence-corrected chi connectivity index (χ0v) is 44.5. The van der Waals surface area contributed by atoms with Gasteiger partial charge in [-0.25, -0.2) is 0 Å². The maximum atomic E-state index is 14.5. The second-order valence-electron chi connectivity index (χ2n) is 26.3. The van der Waals surface area contributed by atoms with Gasteiger partial charge in [0.1, 0.15) is 23.0 Å². The summed E-state index contributed by atoms with van der Waals surface area (Å²) in [7, 11) is 0. The third-order valence-corrected chi connectivity index (χ3v) is 14.6. The molecule has 4 N–H and O–H groups in total. The van der Waals surface area contributed by atoms with Crippen LogP contribution in [0.1, 0.15) is 188 Å². The molecule has 0 radical (unpaired) electrons. The fraction of sp³-hybridized carbons (Fsp3) is 0.714. The summed E-state index contributed by atoms with van der Waals surface area (Å²) < 4.78 is 25.3. The Labute approximate surface area is 408 Å². The minimum absolute atomic E-state index is 0.144. The van der Waals surface area contributed by atoms with Gasteiger partial charge in [0.15, 0.2) is 0 Å². The predicted molar refractivity (Wildman–Crippen MR) is 269 cm³/mol. The molecule has 0 amide bonds. The van der Waals surface area contributed by atoms with Gasteiger partial charge in [-0.2, -0.15) is 0 Å². The first kappa shape index (κ1) is 53.5. The molecule has 4 aliphatic heterocycles. The molecule has 4 unspecified atom stereocenters. The van der Waals surface area contributed by atoms with Gasteiger partial charge < -0.3 is 40.2 Å². The highest BCUT2D eigenvalue weighted by Crippen LogP contribution is 2.44. The van der Waals surface area contributed by atoms with Crippen LogP contribution >= 0.6 is 0 Å². The molecule has 0 aliphatic carbocycles. The Morgan fingerprint density at radius 1 is 0.368 bits per heavy atom. The molecule has 6 rings (SSSR count). The zero-order chi connectivity index (χ0) is 50.5. The van der Waals surface area contributed by atoms with E-state index in [4.69, 9.17) is 18.9 Å². The van der Waals surface area contributed by atoms with Crippen LogP contribution in [0.5, 0.6) is 23.0 Å². The Hall–Kier alpha value is -3.84. The molecule has 12 nitrogen and oxygen atoms in total. The van der Waals surface area contributed by atoms with Crippen LogP contribution < -0.4 is 40.2 Å². The quantitative estimate of drug-likeness (QED) is 0.140. The summed E-state index contributed by atoms with van der Waals surface area (Å²) in [6.07, 6.45) is 8.00. The summed E-state index contributed by atoms with van der Waals surface area (Å²) in [5, 5.41) is 14.8. The molecule has 4 fully saturated rings. The third kappa shape index (κ3) is 14.6. The first-order chi connectivity index (χ1) is 31.1. The highest BCUT2D eigenvalue weighted by Gasteiger charge is 2.42. The Morgan fingerprint density at radius 3 is 0.853 bits per heavy atom. The van der Waals surface area contributed by atoms with Crippen LogP contribution in [0.3, 0.4) is 0 Å². The summed E-state index contributed by atoms with van der Waals surface area (Å²) in [4.78, 5) is 57.0. The predicted octanol–water partition coefficient (Wildman–Crippen LogP) is 10.8. The summed E-state index contributed by atoms with van der Waals surface area (Å²) in [5.74, 6) is -2.22. The van der Waals surface area contributed by atoms with Crippen molar-refractivity contribution in [2.24, 2.45) is 23.7 Å². The second-order valence-corrected chi connectivity index (χ2v) is 26.3. The molecule has 2 aromatic carbocycles. The number of nitrogens with one attached hydrogen (secondary N) is 4. The smallest absolute Gasteiger partial charge is 0.314 e. The Morgan fingerprint density at radius 2 is 0.603 bits per heavy atom. The van der Waals surface area contributed by atoms with Crippen LogP contribution in [0.25, 0.3) is 11.1 Å². The SMILES string of the molecule is CC1(C)CCC(C(=O)Oc2ccc(-c3ccc(OC(=O)C4CCC(C)(C)NC(C)(C)C4)cc3OC(=O)C3CCC(C)(C)NC(C)(C)C3)c(OC(=O)C3CCC(C)(C)NC(C)(C)C3)c2)CC(C)(C)N1. The number of benzene rings is 2. The molecular weight excluding hydrogens is 857 g/mol. The number of ether oxygens (including phenoxy) is 4. The van der Waals surface area contributed by atoms with Crippen molar-refractivity contribution in [2.45, 2.75) is 232 Å². The highest BCUT2D eigenvalue weighted by atomic mass is 16.6. The molecule has 4 heterocycles. The lowest BCUT2D eigenvalue weighted by Crippen LogP contribution is -2.50. The first-order valence-corrected chi connectivity index (χ1v) is 25.4. The first-order valence-electron chi connectivity index (χ1n) is 25.4. The number of hydrogen-bond donors (Lipinski definition) is 4. The molecular formula is C56H86N4O8. The van der Waals surface area contributed by atoms with Gasteiger partial charge in [-0.05, 0) is 212 Å². The van der Waals surface area contributed by atoms with E-state index in [1.165, 1.54) is 0 Å². The highest BCUT2D eigenvalue weighted by molar-refractivity contribution is 5.86. The minimum atomic E-state index is -0.423. The van der Waals surface area contributed by atoms with Gasteiger partial charge in [0, 0.05) is 67.6 Å². The lowest BCUT2D eigenvalue weighted by Gasteiger charge is -2.34. The maximum Gasteiger partial charge on any atom is 0.314 e. The standard InChI is InChI=1S/C56H86N4O8/c1-49(2)25-21-35(31-53(9,10)57-49)45(61)65-39-17-19-41(43(29-39)67-47(63)37-23-27-51(5,6)59-55(13,14)33-37)42-20-18-40(66-46(62)36-22-26-50(3,4)58-54(11,12)32-36)30-44(42)68-48(64)38-24-28-52(7,8)60-56(15,16)34-38/h17-20,29-30,35-38,57-60H,21-28,31-34H2,1-16H3. The molecule has 2 aromatic rings. The van der Waals surface area contributed by atoms with Crippen molar-refractivity contribution in [1.29, 1.82) is 0 Å². The van der Waals surface area contributed by atoms with Crippen LogP contribution in [0.2, 0.25) is 0 Å². The lowest BCUT2D eigenvalue weighted by atomic mass is 9.89.